The number of aromatic nitrogens is 1. The molecule has 138 valence electrons. The van der Waals surface area contributed by atoms with E-state index in [1.54, 1.807) is 24.2 Å². The first-order valence-electron chi connectivity index (χ1n) is 8.57. The molecule has 1 amide bonds. The minimum Gasteiger partial charge on any atom is -0.397 e. The normalized spacial score (nSPS) is 10.3. The Hall–Kier alpha value is -2.05. The van der Waals surface area contributed by atoms with Crippen molar-refractivity contribution in [1.29, 1.82) is 0 Å². The molecule has 0 spiro atoms. The van der Waals surface area contributed by atoms with Crippen molar-refractivity contribution in [3.05, 3.63) is 58.2 Å². The third-order valence-corrected chi connectivity index (χ3v) is 5.58. The van der Waals surface area contributed by atoms with Gasteiger partial charge in [-0.3, -0.25) is 9.78 Å². The molecule has 3 aromatic rings. The summed E-state index contributed by atoms with van der Waals surface area (Å²) in [5.41, 5.74) is 10.1. The standard InChI is InChI=1S/C18H19N3OS2.C2H6/c1-11-7-20-9-14-15(11)16(19)17(24-14)18(22)21-8-12-3-5-13(6-4-12)10-23-2;1-2/h3-7,9H,8,10,19H2,1-2H3,(H,21,22);1-2H3. The molecule has 0 aliphatic rings. The van der Waals surface area contributed by atoms with Gasteiger partial charge < -0.3 is 11.1 Å². The zero-order valence-corrected chi connectivity index (χ0v) is 17.3. The number of hydrogen-bond acceptors (Lipinski definition) is 5. The van der Waals surface area contributed by atoms with Crippen LogP contribution in [0.15, 0.2) is 36.7 Å². The number of nitrogens with zero attached hydrogens (tertiary/aromatic N) is 1. The Morgan fingerprint density at radius 1 is 1.19 bits per heavy atom. The van der Waals surface area contributed by atoms with Gasteiger partial charge >= 0.3 is 0 Å². The first kappa shape index (κ1) is 20.3. The van der Waals surface area contributed by atoms with Crippen molar-refractivity contribution in [3.63, 3.8) is 0 Å². The van der Waals surface area contributed by atoms with Crippen LogP contribution in [0.4, 0.5) is 5.69 Å². The molecule has 0 saturated heterocycles. The van der Waals surface area contributed by atoms with E-state index >= 15 is 0 Å². The average molecular weight is 388 g/mol. The minimum atomic E-state index is -0.138. The maximum atomic E-state index is 12.5. The number of benzene rings is 1. The van der Waals surface area contributed by atoms with E-state index in [-0.39, 0.29) is 5.91 Å². The highest BCUT2D eigenvalue weighted by atomic mass is 32.2. The number of rotatable bonds is 5. The zero-order valence-electron chi connectivity index (χ0n) is 15.6. The van der Waals surface area contributed by atoms with Crippen LogP contribution in [-0.4, -0.2) is 17.1 Å². The predicted molar refractivity (Wildman–Crippen MR) is 115 cm³/mol. The Balaban J connectivity index is 0.00000117. The van der Waals surface area contributed by atoms with Crippen molar-refractivity contribution in [2.75, 3.05) is 12.0 Å². The Kier molecular flexibility index (Phi) is 7.48. The highest BCUT2D eigenvalue weighted by molar-refractivity contribution is 7.97. The Bertz CT molecular complexity index is 873. The van der Waals surface area contributed by atoms with Gasteiger partial charge in [0.05, 0.1) is 10.4 Å². The minimum absolute atomic E-state index is 0.138. The quantitative estimate of drug-likeness (QED) is 0.646. The summed E-state index contributed by atoms with van der Waals surface area (Å²) >= 11 is 3.18. The Morgan fingerprint density at radius 3 is 2.46 bits per heavy atom. The van der Waals surface area contributed by atoms with Gasteiger partial charge in [-0.1, -0.05) is 38.1 Å². The van der Waals surface area contributed by atoms with E-state index < -0.39 is 0 Å². The third-order valence-electron chi connectivity index (χ3n) is 3.82. The number of nitrogen functional groups attached to an aromatic ring is 1. The molecule has 0 aliphatic carbocycles. The number of fused-ring (bicyclic) bond motifs is 1. The van der Waals surface area contributed by atoms with E-state index in [4.69, 9.17) is 5.73 Å². The molecule has 4 nitrogen and oxygen atoms in total. The van der Waals surface area contributed by atoms with E-state index in [1.165, 1.54) is 16.9 Å². The van der Waals surface area contributed by atoms with Crippen LogP contribution in [-0.2, 0) is 12.3 Å². The van der Waals surface area contributed by atoms with Crippen LogP contribution in [0, 0.1) is 6.92 Å². The topological polar surface area (TPSA) is 68.0 Å². The van der Waals surface area contributed by atoms with Crippen LogP contribution in [0.1, 0.15) is 40.2 Å². The number of pyridine rings is 1. The van der Waals surface area contributed by atoms with Gasteiger partial charge in [-0.15, -0.1) is 11.3 Å². The van der Waals surface area contributed by atoms with Gasteiger partial charge in [-0.2, -0.15) is 11.8 Å². The van der Waals surface area contributed by atoms with Gasteiger partial charge in [-0.05, 0) is 29.9 Å². The van der Waals surface area contributed by atoms with Crippen molar-refractivity contribution in [3.8, 4) is 0 Å². The highest BCUT2D eigenvalue weighted by Gasteiger charge is 2.17. The van der Waals surface area contributed by atoms with Gasteiger partial charge in [0.2, 0.25) is 0 Å². The molecule has 1 aromatic carbocycles. The molecule has 0 saturated carbocycles. The highest BCUT2D eigenvalue weighted by Crippen LogP contribution is 2.34. The molecule has 0 unspecified atom stereocenters. The fraction of sp³-hybridized carbons (Fsp3) is 0.300. The molecular formula is C20H25N3OS2. The molecule has 0 bridgehead atoms. The second kappa shape index (κ2) is 9.59. The molecule has 0 aliphatic heterocycles. The fourth-order valence-electron chi connectivity index (χ4n) is 2.59. The second-order valence-electron chi connectivity index (χ2n) is 5.61. The number of carbonyl (C=O) groups is 1. The largest absolute Gasteiger partial charge is 0.397 e. The number of amides is 1. The molecule has 0 radical (unpaired) electrons. The maximum absolute atomic E-state index is 12.5. The van der Waals surface area contributed by atoms with Crippen LogP contribution in [0.3, 0.4) is 0 Å². The lowest BCUT2D eigenvalue weighted by atomic mass is 10.1. The van der Waals surface area contributed by atoms with Crippen LogP contribution in [0.5, 0.6) is 0 Å². The third kappa shape index (κ3) is 4.56. The second-order valence-corrected chi connectivity index (χ2v) is 7.52. The lowest BCUT2D eigenvalue weighted by Crippen LogP contribution is -2.22. The van der Waals surface area contributed by atoms with E-state index in [0.717, 1.165) is 27.0 Å². The van der Waals surface area contributed by atoms with Crippen LogP contribution in [0.25, 0.3) is 10.1 Å². The van der Waals surface area contributed by atoms with Crippen molar-refractivity contribution in [1.82, 2.24) is 10.3 Å². The number of carbonyl (C=O) groups excluding carboxylic acids is 1. The van der Waals surface area contributed by atoms with Crippen molar-refractivity contribution in [2.45, 2.75) is 33.1 Å². The van der Waals surface area contributed by atoms with E-state index in [2.05, 4.69) is 28.7 Å². The smallest absolute Gasteiger partial charge is 0.263 e. The summed E-state index contributed by atoms with van der Waals surface area (Å²) in [5.74, 6) is 0.861. The van der Waals surface area contributed by atoms with Crippen molar-refractivity contribution in [2.24, 2.45) is 0 Å². The Morgan fingerprint density at radius 2 is 1.85 bits per heavy atom. The van der Waals surface area contributed by atoms with Crippen LogP contribution < -0.4 is 11.1 Å². The van der Waals surface area contributed by atoms with Crippen LogP contribution >= 0.6 is 23.1 Å². The average Bonchev–Trinajstić information content (AvgIpc) is 3.01. The first-order valence-corrected chi connectivity index (χ1v) is 10.8. The zero-order chi connectivity index (χ0) is 19.1. The van der Waals surface area contributed by atoms with Crippen molar-refractivity contribution < 1.29 is 4.79 Å². The number of nitrogens with one attached hydrogen (secondary N) is 1. The molecule has 0 atom stereocenters. The summed E-state index contributed by atoms with van der Waals surface area (Å²) in [6, 6.07) is 8.30. The molecular weight excluding hydrogens is 362 g/mol. The van der Waals surface area contributed by atoms with E-state index in [1.807, 2.05) is 32.9 Å². The summed E-state index contributed by atoms with van der Waals surface area (Å²) in [5, 5.41) is 3.89. The molecule has 3 N–H and O–H groups in total. The Labute approximate surface area is 163 Å². The number of thiophene rings is 1. The van der Waals surface area contributed by atoms with Gasteiger partial charge in [0.1, 0.15) is 4.88 Å². The summed E-state index contributed by atoms with van der Waals surface area (Å²) in [4.78, 5) is 17.2. The van der Waals surface area contributed by atoms with E-state index in [0.29, 0.717) is 17.1 Å². The molecule has 2 aromatic heterocycles. The molecule has 26 heavy (non-hydrogen) atoms. The lowest BCUT2D eigenvalue weighted by Gasteiger charge is -2.06. The number of anilines is 1. The number of hydrogen-bond donors (Lipinski definition) is 2. The number of thioether (sulfide) groups is 1. The van der Waals surface area contributed by atoms with E-state index in [9.17, 15) is 4.79 Å². The SMILES string of the molecule is CC.CSCc1ccc(CNC(=O)c2sc3cncc(C)c3c2N)cc1. The summed E-state index contributed by atoms with van der Waals surface area (Å²) in [6.07, 6.45) is 5.61. The van der Waals surface area contributed by atoms with Gasteiger partial charge in [-0.25, -0.2) is 0 Å². The summed E-state index contributed by atoms with van der Waals surface area (Å²) in [7, 11) is 0. The maximum Gasteiger partial charge on any atom is 0.263 e. The lowest BCUT2D eigenvalue weighted by molar-refractivity contribution is 0.0956. The van der Waals surface area contributed by atoms with Gasteiger partial charge in [0.25, 0.3) is 5.91 Å². The van der Waals surface area contributed by atoms with Gasteiger partial charge in [0.15, 0.2) is 0 Å². The molecule has 2 heterocycles. The molecule has 6 heteroatoms. The summed E-state index contributed by atoms with van der Waals surface area (Å²) in [6.45, 7) is 6.44. The van der Waals surface area contributed by atoms with Crippen LogP contribution in [0.2, 0.25) is 0 Å². The monoisotopic (exact) mass is 387 g/mol. The number of aryl methyl sites for hydroxylation is 1. The first-order chi connectivity index (χ1) is 12.6. The number of nitrogens with two attached hydrogens (primary N) is 1. The fourth-order valence-corrected chi connectivity index (χ4v) is 4.20. The summed E-state index contributed by atoms with van der Waals surface area (Å²) < 4.78 is 0.944. The van der Waals surface area contributed by atoms with Crippen molar-refractivity contribution >= 4 is 44.8 Å². The predicted octanol–water partition coefficient (Wildman–Crippen LogP) is 5.01. The molecule has 0 fully saturated rings. The van der Waals surface area contributed by atoms with Gasteiger partial charge in [0, 0.05) is 30.1 Å². The molecule has 3 rings (SSSR count).